The highest BCUT2D eigenvalue weighted by atomic mass is 32.2. The average Bonchev–Trinajstić information content (AvgIpc) is 2.78. The van der Waals surface area contributed by atoms with E-state index in [-0.39, 0.29) is 28.7 Å². The van der Waals surface area contributed by atoms with E-state index in [1.807, 2.05) is 44.2 Å². The quantitative estimate of drug-likeness (QED) is 0.400. The van der Waals surface area contributed by atoms with E-state index in [1.165, 1.54) is 52.8 Å². The number of hydrogen-bond acceptors (Lipinski definition) is 5. The first kappa shape index (κ1) is 23.1. The van der Waals surface area contributed by atoms with Crippen LogP contribution in [0.4, 0.5) is 11.4 Å². The molecule has 0 bridgehead atoms. The fraction of sp³-hybridized carbons (Fsp3) is 0.174. The molecule has 3 rings (SSSR count). The Hall–Kier alpha value is -3.56. The molecule has 0 aliphatic heterocycles. The number of nitrogens with one attached hydrogen (secondary N) is 1. The number of non-ortho nitro benzene ring substituents is 1. The van der Waals surface area contributed by atoms with E-state index in [4.69, 9.17) is 0 Å². The second-order valence-corrected chi connectivity index (χ2v) is 9.30. The largest absolute Gasteiger partial charge is 0.322 e. The molecule has 1 amide bonds. The van der Waals surface area contributed by atoms with Gasteiger partial charge in [0.2, 0.25) is 10.0 Å². The second kappa shape index (κ2) is 9.71. The molecule has 0 fully saturated rings. The molecule has 0 saturated carbocycles. The van der Waals surface area contributed by atoms with Gasteiger partial charge in [-0.3, -0.25) is 14.9 Å². The highest BCUT2D eigenvalue weighted by Gasteiger charge is 2.27. The van der Waals surface area contributed by atoms with Crippen molar-refractivity contribution in [2.24, 2.45) is 0 Å². The molecule has 0 radical (unpaired) electrons. The monoisotopic (exact) mass is 453 g/mol. The van der Waals surface area contributed by atoms with Crippen LogP contribution in [0.3, 0.4) is 0 Å². The summed E-state index contributed by atoms with van der Waals surface area (Å²) in [7, 11) is -3.77. The third-order valence-corrected chi connectivity index (χ3v) is 6.85. The Kier molecular flexibility index (Phi) is 7.01. The van der Waals surface area contributed by atoms with Gasteiger partial charge in [-0.1, -0.05) is 30.3 Å². The third-order valence-electron chi connectivity index (χ3n) is 4.82. The van der Waals surface area contributed by atoms with Gasteiger partial charge in [-0.05, 0) is 55.8 Å². The zero-order valence-corrected chi connectivity index (χ0v) is 18.5. The molecule has 0 atom stereocenters. The summed E-state index contributed by atoms with van der Waals surface area (Å²) in [5.74, 6) is -0.451. The lowest BCUT2D eigenvalue weighted by Crippen LogP contribution is -2.36. The zero-order valence-electron chi connectivity index (χ0n) is 17.6. The molecule has 0 aromatic heterocycles. The molecule has 0 saturated heterocycles. The maximum atomic E-state index is 13.2. The van der Waals surface area contributed by atoms with Gasteiger partial charge in [0.25, 0.3) is 11.6 Å². The highest BCUT2D eigenvalue weighted by Crippen LogP contribution is 2.22. The van der Waals surface area contributed by atoms with Crippen molar-refractivity contribution in [3.63, 3.8) is 0 Å². The van der Waals surface area contributed by atoms with Crippen molar-refractivity contribution < 1.29 is 18.1 Å². The van der Waals surface area contributed by atoms with Gasteiger partial charge >= 0.3 is 0 Å². The van der Waals surface area contributed by atoms with Gasteiger partial charge in [0.1, 0.15) is 0 Å². The van der Waals surface area contributed by atoms with Gasteiger partial charge in [-0.2, -0.15) is 4.31 Å². The Balaban J connectivity index is 1.76. The molecule has 0 spiro atoms. The SMILES string of the molecule is CC(C)N(Cc1ccccc1)S(=O)(=O)c1ccc(C(=O)Nc2ccc([N+](=O)[O-])cc2)cc1. The van der Waals surface area contributed by atoms with Gasteiger partial charge in [0.05, 0.1) is 9.82 Å². The summed E-state index contributed by atoms with van der Waals surface area (Å²) in [6, 6.07) is 20.2. The Morgan fingerprint density at radius 3 is 2.09 bits per heavy atom. The van der Waals surface area contributed by atoms with Crippen molar-refractivity contribution >= 4 is 27.3 Å². The van der Waals surface area contributed by atoms with Gasteiger partial charge in [0.15, 0.2) is 0 Å². The number of anilines is 1. The van der Waals surface area contributed by atoms with Gasteiger partial charge in [-0.25, -0.2) is 8.42 Å². The number of hydrogen-bond donors (Lipinski definition) is 1. The molecule has 32 heavy (non-hydrogen) atoms. The predicted molar refractivity (Wildman–Crippen MR) is 122 cm³/mol. The maximum Gasteiger partial charge on any atom is 0.269 e. The second-order valence-electron chi connectivity index (χ2n) is 7.41. The van der Waals surface area contributed by atoms with E-state index in [0.29, 0.717) is 5.69 Å². The Morgan fingerprint density at radius 1 is 0.969 bits per heavy atom. The summed E-state index contributed by atoms with van der Waals surface area (Å²) in [5.41, 5.74) is 1.46. The number of carbonyl (C=O) groups excluding carboxylic acids is 1. The molecule has 3 aromatic rings. The summed E-state index contributed by atoms with van der Waals surface area (Å²) in [4.78, 5) is 22.8. The average molecular weight is 454 g/mol. The van der Waals surface area contributed by atoms with Crippen LogP contribution in [0.15, 0.2) is 83.8 Å². The van der Waals surface area contributed by atoms with Gasteiger partial charge in [0, 0.05) is 36.0 Å². The van der Waals surface area contributed by atoms with E-state index in [1.54, 1.807) is 0 Å². The predicted octanol–water partition coefficient (Wildman–Crippen LogP) is 4.45. The minimum atomic E-state index is -3.77. The van der Waals surface area contributed by atoms with E-state index < -0.39 is 20.9 Å². The maximum absolute atomic E-state index is 13.2. The number of carbonyl (C=O) groups is 1. The normalized spacial score (nSPS) is 11.5. The number of nitrogens with zero attached hydrogens (tertiary/aromatic N) is 2. The van der Waals surface area contributed by atoms with E-state index in [0.717, 1.165) is 5.56 Å². The van der Waals surface area contributed by atoms with Crippen LogP contribution >= 0.6 is 0 Å². The van der Waals surface area contributed by atoms with Crippen LogP contribution in [0.2, 0.25) is 0 Å². The first-order chi connectivity index (χ1) is 15.2. The number of nitro groups is 1. The zero-order chi connectivity index (χ0) is 23.3. The van der Waals surface area contributed by atoms with E-state index in [2.05, 4.69) is 5.32 Å². The van der Waals surface area contributed by atoms with Crippen LogP contribution in [0.25, 0.3) is 0 Å². The highest BCUT2D eigenvalue weighted by molar-refractivity contribution is 7.89. The van der Waals surface area contributed by atoms with Crippen LogP contribution in [0, 0.1) is 10.1 Å². The van der Waals surface area contributed by atoms with Crippen molar-refractivity contribution in [3.8, 4) is 0 Å². The smallest absolute Gasteiger partial charge is 0.269 e. The standard InChI is InChI=1S/C23H23N3O5S/c1-17(2)25(16-18-6-4-3-5-7-18)32(30,31)22-14-8-19(9-15-22)23(27)24-20-10-12-21(13-11-20)26(28)29/h3-15,17H,16H2,1-2H3,(H,24,27). The topological polar surface area (TPSA) is 110 Å². The van der Waals surface area contributed by atoms with Crippen molar-refractivity contribution in [1.82, 2.24) is 4.31 Å². The van der Waals surface area contributed by atoms with Crippen molar-refractivity contribution in [3.05, 3.63) is 100 Å². The molecule has 0 aliphatic carbocycles. The fourth-order valence-corrected chi connectivity index (χ4v) is 4.72. The molecular weight excluding hydrogens is 430 g/mol. The van der Waals surface area contributed by atoms with Crippen molar-refractivity contribution in [2.45, 2.75) is 31.3 Å². The Labute approximate surface area is 186 Å². The number of nitro benzene ring substituents is 1. The summed E-state index contributed by atoms with van der Waals surface area (Å²) in [6.45, 7) is 3.86. The molecule has 0 unspecified atom stereocenters. The van der Waals surface area contributed by atoms with Crippen LogP contribution in [-0.4, -0.2) is 29.6 Å². The summed E-state index contributed by atoms with van der Waals surface area (Å²) < 4.78 is 27.8. The lowest BCUT2D eigenvalue weighted by molar-refractivity contribution is -0.384. The van der Waals surface area contributed by atoms with Gasteiger partial charge in [-0.15, -0.1) is 0 Å². The molecule has 0 aliphatic rings. The number of sulfonamides is 1. The first-order valence-corrected chi connectivity index (χ1v) is 11.3. The van der Waals surface area contributed by atoms with Gasteiger partial charge < -0.3 is 5.32 Å². The summed E-state index contributed by atoms with van der Waals surface area (Å²) in [6.07, 6.45) is 0. The molecule has 9 heteroatoms. The van der Waals surface area contributed by atoms with Crippen LogP contribution in [-0.2, 0) is 16.6 Å². The first-order valence-electron chi connectivity index (χ1n) is 9.90. The summed E-state index contributed by atoms with van der Waals surface area (Å²) in [5, 5.41) is 13.4. The minimum Gasteiger partial charge on any atom is -0.322 e. The van der Waals surface area contributed by atoms with Crippen LogP contribution in [0.5, 0.6) is 0 Å². The molecule has 8 nitrogen and oxygen atoms in total. The number of rotatable bonds is 8. The minimum absolute atomic E-state index is 0.0808. The van der Waals surface area contributed by atoms with E-state index in [9.17, 15) is 23.3 Å². The number of amides is 1. The molecule has 3 aromatic carbocycles. The Morgan fingerprint density at radius 2 is 1.56 bits per heavy atom. The van der Waals surface area contributed by atoms with Crippen molar-refractivity contribution in [2.75, 3.05) is 5.32 Å². The molecular formula is C23H23N3O5S. The molecule has 0 heterocycles. The fourth-order valence-electron chi connectivity index (χ4n) is 3.09. The lowest BCUT2D eigenvalue weighted by atomic mass is 10.2. The van der Waals surface area contributed by atoms with Crippen LogP contribution in [0.1, 0.15) is 29.8 Å². The molecule has 1 N–H and O–H groups in total. The van der Waals surface area contributed by atoms with Crippen LogP contribution < -0.4 is 5.32 Å². The summed E-state index contributed by atoms with van der Waals surface area (Å²) >= 11 is 0. The number of benzene rings is 3. The lowest BCUT2D eigenvalue weighted by Gasteiger charge is -2.26. The Bertz CT molecular complexity index is 1190. The molecule has 166 valence electrons. The third kappa shape index (κ3) is 5.37. The van der Waals surface area contributed by atoms with Crippen molar-refractivity contribution in [1.29, 1.82) is 0 Å². The van der Waals surface area contributed by atoms with E-state index >= 15 is 0 Å².